The average Bonchev–Trinajstić information content (AvgIpc) is 3.13. The van der Waals surface area contributed by atoms with E-state index in [-0.39, 0.29) is 25.9 Å². The molecule has 35 heavy (non-hydrogen) atoms. The zero-order valence-corrected chi connectivity index (χ0v) is 22.3. The Kier molecular flexibility index (Phi) is 8.93. The number of fused-ring (bicyclic) bond motifs is 1. The van der Waals surface area contributed by atoms with Crippen molar-refractivity contribution in [2.75, 3.05) is 25.9 Å². The van der Waals surface area contributed by atoms with Gasteiger partial charge in [-0.2, -0.15) is 5.26 Å². The SMILES string of the molecule is C=C(C)c1cc(F)c(-c2ccc(F)c3sc(N)c(C#N)c23)c(Cl)c1CCCC(C)CN(C)CCC. The number of allylic oxidation sites excluding steroid dienone is 1. The van der Waals surface area contributed by atoms with Crippen molar-refractivity contribution in [3.8, 4) is 17.2 Å². The molecule has 0 aliphatic carbocycles. The van der Waals surface area contributed by atoms with Crippen molar-refractivity contribution >= 4 is 43.6 Å². The fourth-order valence-electron chi connectivity index (χ4n) is 4.76. The number of hydrogen-bond acceptors (Lipinski definition) is 4. The number of nitrogen functional groups attached to an aromatic ring is 1. The molecule has 2 aromatic carbocycles. The lowest BCUT2D eigenvalue weighted by atomic mass is 9.90. The largest absolute Gasteiger partial charge is 0.389 e. The van der Waals surface area contributed by atoms with E-state index in [2.05, 4.69) is 32.4 Å². The van der Waals surface area contributed by atoms with Crippen LogP contribution in [0.25, 0.3) is 26.8 Å². The van der Waals surface area contributed by atoms with Gasteiger partial charge in [0.2, 0.25) is 0 Å². The van der Waals surface area contributed by atoms with Gasteiger partial charge < -0.3 is 10.6 Å². The maximum absolute atomic E-state index is 15.5. The number of nitriles is 1. The summed E-state index contributed by atoms with van der Waals surface area (Å²) in [6.07, 6.45) is 3.68. The number of anilines is 1. The second kappa shape index (κ2) is 11.5. The topological polar surface area (TPSA) is 53.1 Å². The molecule has 1 atom stereocenters. The summed E-state index contributed by atoms with van der Waals surface area (Å²) in [6, 6.07) is 6.24. The average molecular weight is 516 g/mol. The Bertz CT molecular complexity index is 1290. The molecule has 0 bridgehead atoms. The van der Waals surface area contributed by atoms with Crippen molar-refractivity contribution < 1.29 is 8.78 Å². The Morgan fingerprint density at radius 2 is 2.03 bits per heavy atom. The fraction of sp³-hybridized carbons (Fsp3) is 0.393. The molecule has 186 valence electrons. The number of rotatable bonds is 10. The highest BCUT2D eigenvalue weighted by Gasteiger charge is 2.24. The van der Waals surface area contributed by atoms with Crippen molar-refractivity contribution in [3.63, 3.8) is 0 Å². The summed E-state index contributed by atoms with van der Waals surface area (Å²) in [7, 11) is 2.14. The third kappa shape index (κ3) is 5.69. The summed E-state index contributed by atoms with van der Waals surface area (Å²) in [5, 5.41) is 10.4. The van der Waals surface area contributed by atoms with Gasteiger partial charge in [-0.1, -0.05) is 43.7 Å². The van der Waals surface area contributed by atoms with E-state index in [0.29, 0.717) is 28.9 Å². The van der Waals surface area contributed by atoms with Crippen LogP contribution >= 0.6 is 22.9 Å². The van der Waals surface area contributed by atoms with Gasteiger partial charge in [0.1, 0.15) is 22.7 Å². The lowest BCUT2D eigenvalue weighted by Crippen LogP contribution is -2.25. The Balaban J connectivity index is 2.05. The molecule has 7 heteroatoms. The highest BCUT2D eigenvalue weighted by molar-refractivity contribution is 7.23. The molecule has 0 saturated carbocycles. The summed E-state index contributed by atoms with van der Waals surface area (Å²) in [5.74, 6) is -0.519. The number of nitrogens with two attached hydrogens (primary N) is 1. The third-order valence-corrected chi connectivity index (χ3v) is 7.78. The van der Waals surface area contributed by atoms with Crippen LogP contribution in [0, 0.1) is 28.9 Å². The molecule has 0 aliphatic rings. The Morgan fingerprint density at radius 1 is 1.31 bits per heavy atom. The minimum Gasteiger partial charge on any atom is -0.389 e. The summed E-state index contributed by atoms with van der Waals surface area (Å²) in [6.45, 7) is 12.4. The van der Waals surface area contributed by atoms with E-state index in [4.69, 9.17) is 17.3 Å². The summed E-state index contributed by atoms with van der Waals surface area (Å²) < 4.78 is 30.3. The number of halogens is 3. The molecule has 0 amide bonds. The van der Waals surface area contributed by atoms with Gasteiger partial charge in [-0.25, -0.2) is 8.78 Å². The molecule has 0 aliphatic heterocycles. The molecular weight excluding hydrogens is 484 g/mol. The molecule has 0 fully saturated rings. The second-order valence-corrected chi connectivity index (χ2v) is 10.8. The van der Waals surface area contributed by atoms with E-state index in [9.17, 15) is 9.65 Å². The maximum atomic E-state index is 15.5. The van der Waals surface area contributed by atoms with Crippen molar-refractivity contribution in [3.05, 3.63) is 58.1 Å². The van der Waals surface area contributed by atoms with Crippen LogP contribution in [0.15, 0.2) is 24.8 Å². The number of benzene rings is 2. The lowest BCUT2D eigenvalue weighted by Gasteiger charge is -2.21. The standard InChI is InChI=1S/C28H32ClF2N3S/c1-6-12-34(5)15-17(4)8-7-9-18-20(16(2)3)13-23(31)25(26(18)29)19-10-11-22(30)27-24(19)21(14-32)28(33)35-27/h10-11,13,17H,2,6-9,12,15,33H2,1,3-5H3. The number of hydrogen-bond donors (Lipinski definition) is 1. The number of nitrogens with zero attached hydrogens (tertiary/aromatic N) is 2. The lowest BCUT2D eigenvalue weighted by molar-refractivity contribution is 0.276. The minimum atomic E-state index is -0.534. The summed E-state index contributed by atoms with van der Waals surface area (Å²) in [5.41, 5.74) is 8.91. The van der Waals surface area contributed by atoms with Crippen LogP contribution < -0.4 is 5.73 Å². The van der Waals surface area contributed by atoms with Crippen molar-refractivity contribution in [1.82, 2.24) is 4.90 Å². The van der Waals surface area contributed by atoms with E-state index in [1.807, 2.05) is 13.0 Å². The van der Waals surface area contributed by atoms with Crippen LogP contribution in [-0.2, 0) is 6.42 Å². The van der Waals surface area contributed by atoms with E-state index < -0.39 is 11.6 Å². The van der Waals surface area contributed by atoms with E-state index in [1.165, 1.54) is 18.2 Å². The normalized spacial score (nSPS) is 12.3. The van der Waals surface area contributed by atoms with Gasteiger partial charge in [0.05, 0.1) is 15.3 Å². The first kappa shape index (κ1) is 27.1. The maximum Gasteiger partial charge on any atom is 0.141 e. The van der Waals surface area contributed by atoms with Crippen LogP contribution in [0.5, 0.6) is 0 Å². The molecule has 1 heterocycles. The van der Waals surface area contributed by atoms with Gasteiger partial charge in [-0.3, -0.25) is 0 Å². The monoisotopic (exact) mass is 515 g/mol. The smallest absolute Gasteiger partial charge is 0.141 e. The van der Waals surface area contributed by atoms with Gasteiger partial charge in [-0.15, -0.1) is 11.3 Å². The highest BCUT2D eigenvalue weighted by atomic mass is 35.5. The molecule has 0 radical (unpaired) electrons. The van der Waals surface area contributed by atoms with E-state index in [0.717, 1.165) is 54.8 Å². The zero-order valence-electron chi connectivity index (χ0n) is 20.8. The third-order valence-electron chi connectivity index (χ3n) is 6.33. The fourth-order valence-corrected chi connectivity index (χ4v) is 6.10. The first-order valence-electron chi connectivity index (χ1n) is 11.9. The predicted molar refractivity (Wildman–Crippen MR) is 146 cm³/mol. The molecule has 1 unspecified atom stereocenters. The first-order chi connectivity index (χ1) is 16.6. The van der Waals surface area contributed by atoms with Crippen LogP contribution in [0.2, 0.25) is 5.02 Å². The van der Waals surface area contributed by atoms with Crippen molar-refractivity contribution in [1.29, 1.82) is 5.26 Å². The Labute approximate surface area is 215 Å². The Hall–Kier alpha value is -2.46. The molecule has 0 spiro atoms. The minimum absolute atomic E-state index is 0.144. The van der Waals surface area contributed by atoms with Gasteiger partial charge >= 0.3 is 0 Å². The van der Waals surface area contributed by atoms with Crippen molar-refractivity contribution in [2.24, 2.45) is 5.92 Å². The van der Waals surface area contributed by atoms with Crippen LogP contribution in [-0.4, -0.2) is 25.0 Å². The molecule has 3 nitrogen and oxygen atoms in total. The van der Waals surface area contributed by atoms with Crippen LogP contribution in [0.4, 0.5) is 13.8 Å². The summed E-state index contributed by atoms with van der Waals surface area (Å²) >= 11 is 7.87. The predicted octanol–water partition coefficient (Wildman–Crippen LogP) is 8.29. The zero-order chi connectivity index (χ0) is 25.9. The molecular formula is C28H32ClF2N3S. The van der Waals surface area contributed by atoms with E-state index in [1.54, 1.807) is 0 Å². The molecule has 0 saturated heterocycles. The van der Waals surface area contributed by atoms with Crippen LogP contribution in [0.1, 0.15) is 56.7 Å². The van der Waals surface area contributed by atoms with E-state index >= 15 is 4.39 Å². The van der Waals surface area contributed by atoms with Crippen molar-refractivity contribution in [2.45, 2.75) is 46.5 Å². The second-order valence-electron chi connectivity index (χ2n) is 9.37. The van der Waals surface area contributed by atoms with Crippen LogP contribution in [0.3, 0.4) is 0 Å². The highest BCUT2D eigenvalue weighted by Crippen LogP contribution is 2.45. The first-order valence-corrected chi connectivity index (χ1v) is 13.1. The van der Waals surface area contributed by atoms with Gasteiger partial charge in [0.25, 0.3) is 0 Å². The summed E-state index contributed by atoms with van der Waals surface area (Å²) in [4.78, 5) is 2.34. The van der Waals surface area contributed by atoms with Gasteiger partial charge in [-0.05, 0) is 80.9 Å². The number of thiophene rings is 1. The Morgan fingerprint density at radius 3 is 2.66 bits per heavy atom. The molecule has 3 rings (SSSR count). The molecule has 2 N–H and O–H groups in total. The van der Waals surface area contributed by atoms with Gasteiger partial charge in [0, 0.05) is 17.5 Å². The molecule has 1 aromatic heterocycles. The molecule has 3 aromatic rings. The quantitative estimate of drug-likeness (QED) is 0.295. The van der Waals surface area contributed by atoms with Gasteiger partial charge in [0.15, 0.2) is 0 Å².